The zero-order valence-electron chi connectivity index (χ0n) is 10.6. The molecule has 1 atom stereocenters. The van der Waals surface area contributed by atoms with E-state index in [4.69, 9.17) is 0 Å². The Morgan fingerprint density at radius 1 is 1.42 bits per heavy atom. The maximum atomic E-state index is 11.7. The summed E-state index contributed by atoms with van der Waals surface area (Å²) in [5.41, 5.74) is 0.926. The molecule has 1 aromatic rings. The van der Waals surface area contributed by atoms with Gasteiger partial charge in [0.1, 0.15) is 0 Å². The quantitative estimate of drug-likeness (QED) is 0.617. The largest absolute Gasteiger partial charge is 0.352 e. The third kappa shape index (κ3) is 4.03. The Bertz CT molecular complexity index is 453. The van der Waals surface area contributed by atoms with Crippen molar-refractivity contribution >= 4 is 11.6 Å². The number of amides is 1. The van der Waals surface area contributed by atoms with Crippen LogP contribution in [0.4, 0.5) is 5.69 Å². The van der Waals surface area contributed by atoms with Gasteiger partial charge in [-0.25, -0.2) is 0 Å². The number of nitro benzene ring substituents is 1. The molecular formula is C13H17N3O3. The molecule has 1 aliphatic rings. The standard InChI is InChI=1S/C13H17N3O3/c17-13(7-11-5-6-14-8-11)15-9-10-1-3-12(4-2-10)16(18)19/h1-4,11,14H,5-9H2,(H,15,17). The number of carbonyl (C=O) groups is 1. The minimum absolute atomic E-state index is 0.0343. The van der Waals surface area contributed by atoms with E-state index in [0.717, 1.165) is 25.1 Å². The molecule has 0 spiro atoms. The smallest absolute Gasteiger partial charge is 0.269 e. The van der Waals surface area contributed by atoms with Crippen LogP contribution < -0.4 is 10.6 Å². The van der Waals surface area contributed by atoms with Gasteiger partial charge in [0, 0.05) is 25.1 Å². The van der Waals surface area contributed by atoms with Crippen molar-refractivity contribution in [1.29, 1.82) is 0 Å². The number of rotatable bonds is 5. The molecule has 2 rings (SSSR count). The summed E-state index contributed by atoms with van der Waals surface area (Å²) in [4.78, 5) is 21.8. The Morgan fingerprint density at radius 2 is 2.16 bits per heavy atom. The highest BCUT2D eigenvalue weighted by Gasteiger charge is 2.17. The predicted molar refractivity (Wildman–Crippen MR) is 70.5 cm³/mol. The fourth-order valence-corrected chi connectivity index (χ4v) is 2.16. The van der Waals surface area contributed by atoms with Crippen molar-refractivity contribution in [1.82, 2.24) is 10.6 Å². The lowest BCUT2D eigenvalue weighted by Gasteiger charge is -2.09. The molecule has 1 amide bonds. The first-order valence-electron chi connectivity index (χ1n) is 6.36. The van der Waals surface area contributed by atoms with Crippen LogP contribution in [0.5, 0.6) is 0 Å². The Hall–Kier alpha value is -1.95. The minimum Gasteiger partial charge on any atom is -0.352 e. The average molecular weight is 263 g/mol. The van der Waals surface area contributed by atoms with Gasteiger partial charge in [-0.2, -0.15) is 0 Å². The third-order valence-electron chi connectivity index (χ3n) is 3.27. The van der Waals surface area contributed by atoms with Crippen LogP contribution in [0.1, 0.15) is 18.4 Å². The normalized spacial score (nSPS) is 18.2. The number of carbonyl (C=O) groups excluding carboxylic acids is 1. The number of benzene rings is 1. The third-order valence-corrected chi connectivity index (χ3v) is 3.27. The van der Waals surface area contributed by atoms with Crippen molar-refractivity contribution in [2.45, 2.75) is 19.4 Å². The zero-order valence-corrected chi connectivity index (χ0v) is 10.6. The second kappa shape index (κ2) is 6.29. The number of non-ortho nitro benzene ring substituents is 1. The summed E-state index contributed by atoms with van der Waals surface area (Å²) in [6, 6.07) is 6.22. The molecule has 0 bridgehead atoms. The number of nitrogens with one attached hydrogen (secondary N) is 2. The zero-order chi connectivity index (χ0) is 13.7. The average Bonchev–Trinajstić information content (AvgIpc) is 2.89. The van der Waals surface area contributed by atoms with Crippen molar-refractivity contribution < 1.29 is 9.72 Å². The van der Waals surface area contributed by atoms with Gasteiger partial charge in [-0.05, 0) is 31.0 Å². The van der Waals surface area contributed by atoms with Gasteiger partial charge < -0.3 is 10.6 Å². The molecule has 1 saturated heterocycles. The van der Waals surface area contributed by atoms with E-state index in [0.29, 0.717) is 18.9 Å². The lowest BCUT2D eigenvalue weighted by Crippen LogP contribution is -2.25. The summed E-state index contributed by atoms with van der Waals surface area (Å²) in [7, 11) is 0. The van der Waals surface area contributed by atoms with Crippen molar-refractivity contribution in [3.05, 3.63) is 39.9 Å². The molecule has 0 aliphatic carbocycles. The first-order valence-corrected chi connectivity index (χ1v) is 6.36. The van der Waals surface area contributed by atoms with Gasteiger partial charge in [0.25, 0.3) is 5.69 Å². The van der Waals surface area contributed by atoms with Crippen LogP contribution in [-0.4, -0.2) is 23.9 Å². The first-order chi connectivity index (χ1) is 9.15. The maximum Gasteiger partial charge on any atom is 0.269 e. The molecule has 1 aliphatic heterocycles. The van der Waals surface area contributed by atoms with Crippen molar-refractivity contribution in [3.8, 4) is 0 Å². The van der Waals surface area contributed by atoms with Crippen LogP contribution in [0.2, 0.25) is 0 Å². The molecule has 0 aromatic heterocycles. The fraction of sp³-hybridized carbons (Fsp3) is 0.462. The molecular weight excluding hydrogens is 246 g/mol. The van der Waals surface area contributed by atoms with Crippen molar-refractivity contribution in [2.24, 2.45) is 5.92 Å². The van der Waals surface area contributed by atoms with E-state index in [1.54, 1.807) is 12.1 Å². The SMILES string of the molecule is O=C(CC1CCNC1)NCc1ccc([N+](=O)[O-])cc1. The van der Waals surface area contributed by atoms with Gasteiger partial charge in [-0.15, -0.1) is 0 Å². The molecule has 102 valence electrons. The van der Waals surface area contributed by atoms with Crippen LogP contribution >= 0.6 is 0 Å². The second-order valence-corrected chi connectivity index (χ2v) is 4.76. The van der Waals surface area contributed by atoms with Gasteiger partial charge in [0.2, 0.25) is 5.91 Å². The Morgan fingerprint density at radius 3 is 2.74 bits per heavy atom. The summed E-state index contributed by atoms with van der Waals surface area (Å²) in [5.74, 6) is 0.462. The van der Waals surface area contributed by atoms with E-state index >= 15 is 0 Å². The predicted octanol–water partition coefficient (Wildman–Crippen LogP) is 1.21. The van der Waals surface area contributed by atoms with Crippen LogP contribution in [0.25, 0.3) is 0 Å². The number of hydrogen-bond donors (Lipinski definition) is 2. The molecule has 0 radical (unpaired) electrons. The van der Waals surface area contributed by atoms with E-state index < -0.39 is 4.92 Å². The monoisotopic (exact) mass is 263 g/mol. The van der Waals surface area contributed by atoms with Crippen LogP contribution in [0.3, 0.4) is 0 Å². The number of hydrogen-bond acceptors (Lipinski definition) is 4. The molecule has 1 aromatic carbocycles. The lowest BCUT2D eigenvalue weighted by molar-refractivity contribution is -0.384. The van der Waals surface area contributed by atoms with Crippen LogP contribution in [0, 0.1) is 16.0 Å². The van der Waals surface area contributed by atoms with Crippen LogP contribution in [-0.2, 0) is 11.3 Å². The van der Waals surface area contributed by atoms with Gasteiger partial charge in [0.05, 0.1) is 4.92 Å². The maximum absolute atomic E-state index is 11.7. The molecule has 2 N–H and O–H groups in total. The Balaban J connectivity index is 1.77. The summed E-state index contributed by atoms with van der Waals surface area (Å²) in [6.45, 7) is 2.31. The van der Waals surface area contributed by atoms with Crippen molar-refractivity contribution in [2.75, 3.05) is 13.1 Å². The summed E-state index contributed by atoms with van der Waals surface area (Å²) >= 11 is 0. The molecule has 1 fully saturated rings. The highest BCUT2D eigenvalue weighted by Crippen LogP contribution is 2.13. The molecule has 0 saturated carbocycles. The Labute approximate surface area is 111 Å². The number of nitrogens with zero attached hydrogens (tertiary/aromatic N) is 1. The lowest BCUT2D eigenvalue weighted by atomic mass is 10.0. The summed E-state index contributed by atoms with van der Waals surface area (Å²) in [6.07, 6.45) is 1.59. The molecule has 19 heavy (non-hydrogen) atoms. The molecule has 6 nitrogen and oxygen atoms in total. The first kappa shape index (κ1) is 13.5. The minimum atomic E-state index is -0.435. The molecule has 1 unspecified atom stereocenters. The second-order valence-electron chi connectivity index (χ2n) is 4.76. The Kier molecular flexibility index (Phi) is 4.46. The topological polar surface area (TPSA) is 84.3 Å². The highest BCUT2D eigenvalue weighted by atomic mass is 16.6. The fourth-order valence-electron chi connectivity index (χ4n) is 2.16. The van der Waals surface area contributed by atoms with E-state index in [1.165, 1.54) is 12.1 Å². The highest BCUT2D eigenvalue weighted by molar-refractivity contribution is 5.76. The van der Waals surface area contributed by atoms with E-state index in [2.05, 4.69) is 10.6 Å². The van der Waals surface area contributed by atoms with E-state index in [9.17, 15) is 14.9 Å². The van der Waals surface area contributed by atoms with Gasteiger partial charge in [-0.1, -0.05) is 12.1 Å². The summed E-state index contributed by atoms with van der Waals surface area (Å²) in [5, 5.41) is 16.6. The number of nitro groups is 1. The van der Waals surface area contributed by atoms with Gasteiger partial charge in [-0.3, -0.25) is 14.9 Å². The van der Waals surface area contributed by atoms with E-state index in [-0.39, 0.29) is 11.6 Å². The van der Waals surface area contributed by atoms with Crippen LogP contribution in [0.15, 0.2) is 24.3 Å². The summed E-state index contributed by atoms with van der Waals surface area (Å²) < 4.78 is 0. The molecule has 1 heterocycles. The van der Waals surface area contributed by atoms with Gasteiger partial charge >= 0.3 is 0 Å². The molecule has 6 heteroatoms. The van der Waals surface area contributed by atoms with Crippen molar-refractivity contribution in [3.63, 3.8) is 0 Å². The van der Waals surface area contributed by atoms with E-state index in [1.807, 2.05) is 0 Å². The van der Waals surface area contributed by atoms with Gasteiger partial charge in [0.15, 0.2) is 0 Å².